The van der Waals surface area contributed by atoms with Gasteiger partial charge in [0, 0.05) is 25.6 Å². The van der Waals surface area contributed by atoms with Crippen LogP contribution in [0.15, 0.2) is 74.7 Å². The van der Waals surface area contributed by atoms with Gasteiger partial charge in [-0.1, -0.05) is 44.0 Å². The van der Waals surface area contributed by atoms with Crippen LogP contribution >= 0.6 is 31.9 Å². The number of ether oxygens (including phenoxy) is 3. The fourth-order valence-electron chi connectivity index (χ4n) is 2.88. The summed E-state index contributed by atoms with van der Waals surface area (Å²) in [5.74, 6) is -1.86. The molecule has 154 valence electrons. The summed E-state index contributed by atoms with van der Waals surface area (Å²) in [5.41, 5.74) is 0.755. The van der Waals surface area contributed by atoms with Gasteiger partial charge in [-0.05, 0) is 42.5 Å². The lowest BCUT2D eigenvalue weighted by Crippen LogP contribution is -2.35. The quantitative estimate of drug-likeness (QED) is 0.415. The summed E-state index contributed by atoms with van der Waals surface area (Å²) in [7, 11) is 2.34. The van der Waals surface area contributed by atoms with E-state index in [-0.39, 0.29) is 16.9 Å². The summed E-state index contributed by atoms with van der Waals surface area (Å²) in [6.07, 6.45) is -0.000227. The van der Waals surface area contributed by atoms with E-state index < -0.39 is 23.8 Å². The van der Waals surface area contributed by atoms with E-state index in [2.05, 4.69) is 31.9 Å². The van der Waals surface area contributed by atoms with Crippen LogP contribution in [-0.2, 0) is 23.8 Å². The van der Waals surface area contributed by atoms with Crippen molar-refractivity contribution in [2.45, 2.75) is 6.10 Å². The summed E-state index contributed by atoms with van der Waals surface area (Å²) in [6.45, 7) is 0. The zero-order valence-corrected chi connectivity index (χ0v) is 19.2. The fraction of sp³-hybridized carbons (Fsp3) is 0.136. The van der Waals surface area contributed by atoms with Crippen LogP contribution in [0.3, 0.4) is 0 Å². The highest BCUT2D eigenvalue weighted by atomic mass is 79.9. The SMILES string of the molecule is COC(=O)C1=C(C(=O)c2ccc(Br)cc2)C=C(c2ccc(Br)cc2)OC1C(=O)OC. The third-order valence-electron chi connectivity index (χ3n) is 4.37. The first-order chi connectivity index (χ1) is 14.3. The van der Waals surface area contributed by atoms with Gasteiger partial charge in [0.05, 0.1) is 14.2 Å². The normalized spacial score (nSPS) is 15.7. The second kappa shape index (κ2) is 9.40. The van der Waals surface area contributed by atoms with Crippen LogP contribution in [0.4, 0.5) is 0 Å². The zero-order valence-electron chi connectivity index (χ0n) is 16.0. The number of carbonyl (C=O) groups excluding carboxylic acids is 3. The maximum absolute atomic E-state index is 13.3. The molecule has 2 aromatic carbocycles. The maximum atomic E-state index is 13.3. The van der Waals surface area contributed by atoms with E-state index in [1.54, 1.807) is 48.5 Å². The Balaban J connectivity index is 2.21. The van der Waals surface area contributed by atoms with E-state index in [4.69, 9.17) is 14.2 Å². The van der Waals surface area contributed by atoms with Gasteiger partial charge in [0.1, 0.15) is 11.3 Å². The highest BCUT2D eigenvalue weighted by Gasteiger charge is 2.39. The molecule has 6 nitrogen and oxygen atoms in total. The third kappa shape index (κ3) is 4.55. The molecule has 8 heteroatoms. The number of Topliss-reactive ketones (excluding diaryl/α,β-unsaturated/α-hetero) is 1. The monoisotopic (exact) mass is 534 g/mol. The first kappa shape index (κ1) is 22.0. The van der Waals surface area contributed by atoms with E-state index in [1.807, 2.05) is 0 Å². The number of ketones is 1. The van der Waals surface area contributed by atoms with Crippen LogP contribution < -0.4 is 0 Å². The van der Waals surface area contributed by atoms with Gasteiger partial charge in [0.15, 0.2) is 5.78 Å². The van der Waals surface area contributed by atoms with Crippen LogP contribution in [-0.4, -0.2) is 38.0 Å². The largest absolute Gasteiger partial charge is 0.473 e. The van der Waals surface area contributed by atoms with Crippen molar-refractivity contribution in [1.82, 2.24) is 0 Å². The summed E-state index contributed by atoms with van der Waals surface area (Å²) in [6, 6.07) is 13.8. The van der Waals surface area contributed by atoms with E-state index in [9.17, 15) is 14.4 Å². The lowest BCUT2D eigenvalue weighted by Gasteiger charge is -2.26. The predicted molar refractivity (Wildman–Crippen MR) is 117 cm³/mol. The summed E-state index contributed by atoms with van der Waals surface area (Å²) >= 11 is 6.69. The Kier molecular flexibility index (Phi) is 6.89. The molecule has 0 aliphatic carbocycles. The number of methoxy groups -OCH3 is 2. The fourth-order valence-corrected chi connectivity index (χ4v) is 3.41. The van der Waals surface area contributed by atoms with Gasteiger partial charge < -0.3 is 14.2 Å². The Bertz CT molecular complexity index is 1050. The highest BCUT2D eigenvalue weighted by Crippen LogP contribution is 2.33. The molecule has 2 aromatic rings. The lowest BCUT2D eigenvalue weighted by atomic mass is 9.91. The van der Waals surface area contributed by atoms with Crippen molar-refractivity contribution in [3.05, 3.63) is 85.8 Å². The smallest absolute Gasteiger partial charge is 0.352 e. The third-order valence-corrected chi connectivity index (χ3v) is 5.43. The van der Waals surface area contributed by atoms with Crippen LogP contribution in [0.25, 0.3) is 5.76 Å². The Hall–Kier alpha value is -2.71. The van der Waals surface area contributed by atoms with Crippen LogP contribution in [0.2, 0.25) is 0 Å². The molecule has 1 unspecified atom stereocenters. The number of rotatable bonds is 5. The highest BCUT2D eigenvalue weighted by molar-refractivity contribution is 9.10. The molecular formula is C22H16Br2O6. The minimum absolute atomic E-state index is 0.00346. The molecule has 0 N–H and O–H groups in total. The van der Waals surface area contributed by atoms with E-state index >= 15 is 0 Å². The molecule has 1 aliphatic heterocycles. The average Bonchev–Trinajstić information content (AvgIpc) is 2.77. The molecule has 0 bridgehead atoms. The molecule has 1 aliphatic rings. The number of benzene rings is 2. The Morgan fingerprint density at radius 1 is 0.867 bits per heavy atom. The van der Waals surface area contributed by atoms with E-state index in [0.717, 1.165) is 8.95 Å². The molecule has 0 saturated carbocycles. The molecule has 0 saturated heterocycles. The number of esters is 2. The standard InChI is InChI=1S/C22H16Br2O6/c1-28-21(26)18-16(19(25)13-5-9-15(24)10-6-13)11-17(30-20(18)22(27)29-2)12-3-7-14(23)8-4-12/h3-11,20H,1-2H3. The number of carbonyl (C=O) groups is 3. The van der Waals surface area contributed by atoms with Gasteiger partial charge in [-0.15, -0.1) is 0 Å². The Morgan fingerprint density at radius 2 is 1.43 bits per heavy atom. The molecule has 0 radical (unpaired) electrons. The maximum Gasteiger partial charge on any atom is 0.352 e. The van der Waals surface area contributed by atoms with Crippen LogP contribution in [0.5, 0.6) is 0 Å². The molecular weight excluding hydrogens is 520 g/mol. The average molecular weight is 536 g/mol. The van der Waals surface area contributed by atoms with Gasteiger partial charge in [-0.2, -0.15) is 0 Å². The molecule has 3 rings (SSSR count). The van der Waals surface area contributed by atoms with Crippen molar-refractivity contribution in [1.29, 1.82) is 0 Å². The summed E-state index contributed by atoms with van der Waals surface area (Å²) < 4.78 is 17.1. The van der Waals surface area contributed by atoms with Crippen LogP contribution in [0, 0.1) is 0 Å². The second-order valence-corrected chi connectivity index (χ2v) is 8.02. The molecule has 1 heterocycles. The first-order valence-corrected chi connectivity index (χ1v) is 10.3. The Labute approximate surface area is 189 Å². The predicted octanol–water partition coefficient (Wildman–Crippen LogP) is 4.48. The first-order valence-electron chi connectivity index (χ1n) is 8.70. The molecule has 0 fully saturated rings. The van der Waals surface area contributed by atoms with Gasteiger partial charge >= 0.3 is 11.9 Å². The summed E-state index contributed by atoms with van der Waals surface area (Å²) in [5, 5.41) is 0. The molecule has 1 atom stereocenters. The summed E-state index contributed by atoms with van der Waals surface area (Å²) in [4.78, 5) is 38.2. The topological polar surface area (TPSA) is 78.9 Å². The zero-order chi connectivity index (χ0) is 21.8. The molecule has 0 spiro atoms. The number of halogens is 2. The number of hydrogen-bond acceptors (Lipinski definition) is 6. The van der Waals surface area contributed by atoms with Crippen molar-refractivity contribution in [3.8, 4) is 0 Å². The van der Waals surface area contributed by atoms with Gasteiger partial charge in [-0.25, -0.2) is 9.59 Å². The van der Waals surface area contributed by atoms with Crippen molar-refractivity contribution in [2.24, 2.45) is 0 Å². The van der Waals surface area contributed by atoms with Gasteiger partial charge in [0.25, 0.3) is 0 Å². The molecule has 30 heavy (non-hydrogen) atoms. The van der Waals surface area contributed by atoms with Crippen molar-refractivity contribution >= 4 is 55.3 Å². The minimum atomic E-state index is -1.44. The number of hydrogen-bond donors (Lipinski definition) is 0. The van der Waals surface area contributed by atoms with Crippen molar-refractivity contribution in [2.75, 3.05) is 14.2 Å². The second-order valence-electron chi connectivity index (χ2n) is 6.19. The molecule has 0 amide bonds. The lowest BCUT2D eigenvalue weighted by molar-refractivity contribution is -0.151. The van der Waals surface area contributed by atoms with Crippen molar-refractivity contribution < 1.29 is 28.6 Å². The van der Waals surface area contributed by atoms with Crippen LogP contribution in [0.1, 0.15) is 15.9 Å². The molecule has 0 aromatic heterocycles. The van der Waals surface area contributed by atoms with Gasteiger partial charge in [0.2, 0.25) is 6.10 Å². The Morgan fingerprint density at radius 3 is 1.97 bits per heavy atom. The van der Waals surface area contributed by atoms with E-state index in [1.165, 1.54) is 20.3 Å². The van der Waals surface area contributed by atoms with E-state index in [0.29, 0.717) is 11.1 Å². The van der Waals surface area contributed by atoms with Gasteiger partial charge in [-0.3, -0.25) is 4.79 Å². The van der Waals surface area contributed by atoms with Crippen molar-refractivity contribution in [3.63, 3.8) is 0 Å². The number of allylic oxidation sites excluding steroid dienone is 2. The minimum Gasteiger partial charge on any atom is -0.473 e.